The second-order valence-corrected chi connectivity index (χ2v) is 8.54. The number of β-amino-alcohol motifs (C(OH)–C–C–N with tert-alkyl or cyclic N) is 1. The van der Waals surface area contributed by atoms with Gasteiger partial charge in [0.2, 0.25) is 0 Å². The number of aryl methyl sites for hydroxylation is 2. The van der Waals surface area contributed by atoms with Gasteiger partial charge in [-0.15, -0.1) is 0 Å². The van der Waals surface area contributed by atoms with Crippen molar-refractivity contribution >= 4 is 11.4 Å². The third-order valence-corrected chi connectivity index (χ3v) is 5.72. The van der Waals surface area contributed by atoms with Gasteiger partial charge in [0, 0.05) is 50.5 Å². The van der Waals surface area contributed by atoms with Crippen molar-refractivity contribution in [2.75, 3.05) is 37.6 Å². The second-order valence-electron chi connectivity index (χ2n) is 8.54. The predicted molar refractivity (Wildman–Crippen MR) is 117 cm³/mol. The van der Waals surface area contributed by atoms with E-state index in [1.54, 1.807) is 4.90 Å². The first-order chi connectivity index (χ1) is 14.1. The first kappa shape index (κ1) is 22.5. The van der Waals surface area contributed by atoms with Crippen molar-refractivity contribution < 1.29 is 13.9 Å². The lowest BCUT2D eigenvalue weighted by Crippen LogP contribution is -2.49. The number of aliphatic hydroxyl groups excluding tert-OH is 1. The Morgan fingerprint density at radius 1 is 0.933 bits per heavy atom. The molecule has 0 spiro atoms. The number of aliphatic hydroxyl groups is 1. The molecule has 0 saturated carbocycles. The van der Waals surface area contributed by atoms with E-state index in [4.69, 9.17) is 16.6 Å². The Morgan fingerprint density at radius 2 is 1.43 bits per heavy atom. The molecular formula is C23H32F2N4O. The van der Waals surface area contributed by atoms with Crippen LogP contribution in [0.2, 0.25) is 0 Å². The molecule has 0 radical (unpaired) electrons. The summed E-state index contributed by atoms with van der Waals surface area (Å²) in [7, 11) is 0. The van der Waals surface area contributed by atoms with Gasteiger partial charge in [0.25, 0.3) is 5.92 Å². The van der Waals surface area contributed by atoms with E-state index in [1.807, 2.05) is 43.3 Å². The second kappa shape index (κ2) is 9.29. The molecule has 2 heterocycles. The van der Waals surface area contributed by atoms with Gasteiger partial charge in [-0.05, 0) is 60.4 Å². The van der Waals surface area contributed by atoms with Crippen LogP contribution in [0.15, 0.2) is 36.4 Å². The van der Waals surface area contributed by atoms with Gasteiger partial charge in [0.05, 0.1) is 12.6 Å². The summed E-state index contributed by atoms with van der Waals surface area (Å²) in [6.45, 7) is 7.42. The minimum Gasteiger partial charge on any atom is -0.399 e. The van der Waals surface area contributed by atoms with Crippen molar-refractivity contribution in [2.24, 2.45) is 0 Å². The molecule has 7 heteroatoms. The Balaban J connectivity index is 0.000000172. The van der Waals surface area contributed by atoms with E-state index in [0.717, 1.165) is 36.4 Å². The molecule has 30 heavy (non-hydrogen) atoms. The molecule has 2 aromatic carbocycles. The smallest absolute Gasteiger partial charge is 0.261 e. The maximum atomic E-state index is 13.0. The number of hydrogen-bond donors (Lipinski definition) is 3. The van der Waals surface area contributed by atoms with Gasteiger partial charge in [-0.1, -0.05) is 12.1 Å². The third-order valence-electron chi connectivity index (χ3n) is 5.72. The number of nitrogens with two attached hydrogens (primary N) is 2. The summed E-state index contributed by atoms with van der Waals surface area (Å²) in [4.78, 5) is 3.99. The van der Waals surface area contributed by atoms with Crippen molar-refractivity contribution in [3.8, 4) is 0 Å². The Bertz CT molecular complexity index is 868. The van der Waals surface area contributed by atoms with Gasteiger partial charge in [-0.25, -0.2) is 8.78 Å². The third kappa shape index (κ3) is 6.14. The normalized spacial score (nSPS) is 19.2. The maximum Gasteiger partial charge on any atom is 0.261 e. The first-order valence-electron chi connectivity index (χ1n) is 10.3. The number of nitrogens with zero attached hydrogens (tertiary/aromatic N) is 2. The van der Waals surface area contributed by atoms with Crippen LogP contribution in [0.5, 0.6) is 0 Å². The molecule has 2 aliphatic rings. The highest BCUT2D eigenvalue weighted by atomic mass is 19.3. The standard InChI is InChI=1S/C12H16F2N2.C11H16N2O/c1-9-2-3-11(15)6-10(9)7-16-5-4-12(13,14)8-16;1-8-2-3-10(12)4-9(8)5-13-6-11(14)7-13/h2-3,6H,4-5,7-8,15H2,1H3;2-4,11,14H,5-7,12H2,1H3. The van der Waals surface area contributed by atoms with E-state index < -0.39 is 5.92 Å². The number of anilines is 2. The van der Waals surface area contributed by atoms with Gasteiger partial charge in [0.15, 0.2) is 0 Å². The van der Waals surface area contributed by atoms with Crippen LogP contribution in [-0.4, -0.2) is 53.1 Å². The van der Waals surface area contributed by atoms with Crippen molar-refractivity contribution in [3.63, 3.8) is 0 Å². The zero-order valence-corrected chi connectivity index (χ0v) is 17.7. The van der Waals surface area contributed by atoms with Crippen LogP contribution in [-0.2, 0) is 13.1 Å². The number of likely N-dealkylation sites (tertiary alicyclic amines) is 2. The lowest BCUT2D eigenvalue weighted by atomic mass is 10.0. The van der Waals surface area contributed by atoms with E-state index in [0.29, 0.717) is 18.8 Å². The van der Waals surface area contributed by atoms with Crippen molar-refractivity contribution in [1.29, 1.82) is 0 Å². The Hall–Kier alpha value is -2.22. The van der Waals surface area contributed by atoms with Crippen LogP contribution < -0.4 is 11.5 Å². The van der Waals surface area contributed by atoms with E-state index in [9.17, 15) is 8.78 Å². The monoisotopic (exact) mass is 418 g/mol. The van der Waals surface area contributed by atoms with E-state index in [-0.39, 0.29) is 19.1 Å². The molecule has 2 aliphatic heterocycles. The number of hydrogen-bond acceptors (Lipinski definition) is 5. The minimum atomic E-state index is -2.52. The molecule has 164 valence electrons. The summed E-state index contributed by atoms with van der Waals surface area (Å²) in [5.41, 5.74) is 17.6. The quantitative estimate of drug-likeness (QED) is 0.665. The summed E-state index contributed by atoms with van der Waals surface area (Å²) in [6.07, 6.45) is -0.162. The van der Waals surface area contributed by atoms with Gasteiger partial charge in [-0.2, -0.15) is 0 Å². The van der Waals surface area contributed by atoms with E-state index >= 15 is 0 Å². The molecule has 0 amide bonds. The minimum absolute atomic E-state index is 0.0334. The van der Waals surface area contributed by atoms with Crippen LogP contribution >= 0.6 is 0 Å². The summed E-state index contributed by atoms with van der Waals surface area (Å²) in [5, 5.41) is 9.15. The number of benzene rings is 2. The highest BCUT2D eigenvalue weighted by molar-refractivity contribution is 5.45. The van der Waals surface area contributed by atoms with Crippen molar-refractivity contribution in [2.45, 2.75) is 45.4 Å². The lowest BCUT2D eigenvalue weighted by molar-refractivity contribution is -0.00296. The molecule has 5 nitrogen and oxygen atoms in total. The average molecular weight is 419 g/mol. The maximum absolute atomic E-state index is 13.0. The zero-order chi connectivity index (χ0) is 21.9. The van der Waals surface area contributed by atoms with Gasteiger partial charge in [0.1, 0.15) is 0 Å². The van der Waals surface area contributed by atoms with E-state index in [1.165, 1.54) is 11.1 Å². The highest BCUT2D eigenvalue weighted by Crippen LogP contribution is 2.28. The molecule has 2 fully saturated rings. The molecule has 5 N–H and O–H groups in total. The SMILES string of the molecule is Cc1ccc(N)cc1CN1CC(O)C1.Cc1ccc(N)cc1CN1CCC(F)(F)C1. The van der Waals surface area contributed by atoms with Crippen LogP contribution in [0.3, 0.4) is 0 Å². The summed E-state index contributed by atoms with van der Waals surface area (Å²) in [5.74, 6) is -2.52. The summed E-state index contributed by atoms with van der Waals surface area (Å²) < 4.78 is 26.0. The lowest BCUT2D eigenvalue weighted by Gasteiger charge is -2.36. The van der Waals surface area contributed by atoms with Crippen LogP contribution in [0.25, 0.3) is 0 Å². The summed E-state index contributed by atoms with van der Waals surface area (Å²) in [6, 6.07) is 11.6. The largest absolute Gasteiger partial charge is 0.399 e. The van der Waals surface area contributed by atoms with Crippen molar-refractivity contribution in [1.82, 2.24) is 9.80 Å². The fraction of sp³-hybridized carbons (Fsp3) is 0.478. The Morgan fingerprint density at radius 3 is 1.87 bits per heavy atom. The fourth-order valence-electron chi connectivity index (χ4n) is 3.82. The Labute approximate surface area is 177 Å². The zero-order valence-electron chi connectivity index (χ0n) is 17.7. The topological polar surface area (TPSA) is 78.7 Å². The average Bonchev–Trinajstić information content (AvgIpc) is 2.99. The molecule has 0 unspecified atom stereocenters. The molecule has 2 aromatic rings. The molecule has 0 bridgehead atoms. The fourth-order valence-corrected chi connectivity index (χ4v) is 3.82. The van der Waals surface area contributed by atoms with E-state index in [2.05, 4.69) is 11.8 Å². The number of nitrogen functional groups attached to an aromatic ring is 2. The van der Waals surface area contributed by atoms with Crippen LogP contribution in [0, 0.1) is 13.8 Å². The molecule has 0 aliphatic carbocycles. The van der Waals surface area contributed by atoms with Gasteiger partial charge in [-0.3, -0.25) is 9.80 Å². The molecule has 0 atom stereocenters. The van der Waals surface area contributed by atoms with Gasteiger partial charge < -0.3 is 16.6 Å². The molecule has 0 aromatic heterocycles. The van der Waals surface area contributed by atoms with Gasteiger partial charge >= 0.3 is 0 Å². The van der Waals surface area contributed by atoms with Crippen LogP contribution in [0.1, 0.15) is 28.7 Å². The number of halogens is 2. The summed E-state index contributed by atoms with van der Waals surface area (Å²) >= 11 is 0. The molecular weight excluding hydrogens is 386 g/mol. The Kier molecular flexibility index (Phi) is 6.95. The number of alkyl halides is 2. The number of rotatable bonds is 4. The molecule has 2 saturated heterocycles. The molecule has 4 rings (SSSR count). The highest BCUT2D eigenvalue weighted by Gasteiger charge is 2.37. The predicted octanol–water partition coefficient (Wildman–Crippen LogP) is 3.17. The van der Waals surface area contributed by atoms with Crippen LogP contribution in [0.4, 0.5) is 20.2 Å². The first-order valence-corrected chi connectivity index (χ1v) is 10.3. The van der Waals surface area contributed by atoms with Crippen molar-refractivity contribution in [3.05, 3.63) is 58.7 Å².